The number of nitrogens with one attached hydrogen (secondary N) is 2. The summed E-state index contributed by atoms with van der Waals surface area (Å²) in [5.74, 6) is -1.42. The number of aliphatic hydroxyl groups excluding tert-OH is 1. The van der Waals surface area contributed by atoms with Crippen molar-refractivity contribution in [3.8, 4) is 0 Å². The second kappa shape index (κ2) is 7.04. The molecule has 0 bridgehead atoms. The summed E-state index contributed by atoms with van der Waals surface area (Å²) in [6.07, 6.45) is 0.573. The summed E-state index contributed by atoms with van der Waals surface area (Å²) in [6, 6.07) is 2.12. The fourth-order valence-electron chi connectivity index (χ4n) is 1.70. The van der Waals surface area contributed by atoms with Gasteiger partial charge in [0.25, 0.3) is 0 Å². The number of anilines is 1. The number of aliphatic hydroxyl groups is 1. The van der Waals surface area contributed by atoms with E-state index in [0.29, 0.717) is 6.42 Å². The van der Waals surface area contributed by atoms with E-state index in [1.807, 2.05) is 13.8 Å². The average molecular weight is 272 g/mol. The number of amides is 2. The molecule has 1 unspecified atom stereocenters. The van der Waals surface area contributed by atoms with Crippen molar-refractivity contribution in [1.82, 2.24) is 5.32 Å². The lowest BCUT2D eigenvalue weighted by Crippen LogP contribution is -2.41. The minimum absolute atomic E-state index is 0.231. The van der Waals surface area contributed by atoms with Crippen LogP contribution in [0.15, 0.2) is 18.2 Å². The second-order valence-electron chi connectivity index (χ2n) is 4.70. The van der Waals surface area contributed by atoms with E-state index in [2.05, 4.69) is 10.6 Å². The Morgan fingerprint density at radius 2 is 1.89 bits per heavy atom. The highest BCUT2D eigenvalue weighted by atomic mass is 19.1. The van der Waals surface area contributed by atoms with Gasteiger partial charge in [0, 0.05) is 0 Å². The van der Waals surface area contributed by atoms with Crippen LogP contribution in [0.1, 0.15) is 20.3 Å². The molecule has 1 atom stereocenters. The van der Waals surface area contributed by atoms with Crippen molar-refractivity contribution < 1.29 is 18.7 Å². The molecule has 0 saturated carbocycles. The van der Waals surface area contributed by atoms with E-state index in [9.17, 15) is 13.6 Å². The molecule has 0 radical (unpaired) electrons. The maximum Gasteiger partial charge on any atom is 0.319 e. The molecule has 2 amide bonds. The van der Waals surface area contributed by atoms with E-state index in [1.165, 1.54) is 6.07 Å². The molecular weight excluding hydrogens is 254 g/mol. The number of carbonyl (C=O) groups excluding carboxylic acids is 1. The summed E-state index contributed by atoms with van der Waals surface area (Å²) >= 11 is 0. The van der Waals surface area contributed by atoms with E-state index in [0.717, 1.165) is 12.1 Å². The molecule has 0 saturated heterocycles. The normalized spacial score (nSPS) is 12.3. The van der Waals surface area contributed by atoms with Crippen LogP contribution in [0.2, 0.25) is 0 Å². The highest BCUT2D eigenvalue weighted by molar-refractivity contribution is 5.89. The minimum Gasteiger partial charge on any atom is -0.394 e. The highest BCUT2D eigenvalue weighted by Gasteiger charge is 2.16. The molecule has 0 fully saturated rings. The van der Waals surface area contributed by atoms with Gasteiger partial charge in [-0.2, -0.15) is 0 Å². The summed E-state index contributed by atoms with van der Waals surface area (Å²) in [4.78, 5) is 11.6. The number of urea groups is 1. The number of hydrogen-bond acceptors (Lipinski definition) is 2. The molecule has 0 aromatic heterocycles. The van der Waals surface area contributed by atoms with Gasteiger partial charge in [-0.05, 0) is 24.5 Å². The number of rotatable bonds is 5. The standard InChI is InChI=1S/C13H18F2N2O2/c1-8(2)6-9(7-18)16-13(19)17-12-10(14)4-3-5-11(12)15/h3-5,8-9,18H,6-7H2,1-2H3,(H2,16,17,19). The first kappa shape index (κ1) is 15.4. The topological polar surface area (TPSA) is 61.4 Å². The van der Waals surface area contributed by atoms with Crippen molar-refractivity contribution in [3.63, 3.8) is 0 Å². The molecular formula is C13H18F2N2O2. The zero-order chi connectivity index (χ0) is 14.4. The molecule has 0 aliphatic carbocycles. The summed E-state index contributed by atoms with van der Waals surface area (Å²) in [5, 5.41) is 13.7. The Hall–Kier alpha value is -1.69. The maximum absolute atomic E-state index is 13.3. The van der Waals surface area contributed by atoms with Crippen LogP contribution >= 0.6 is 0 Å². The van der Waals surface area contributed by atoms with Gasteiger partial charge in [-0.25, -0.2) is 13.6 Å². The molecule has 0 aliphatic heterocycles. The van der Waals surface area contributed by atoms with Crippen molar-refractivity contribution in [2.75, 3.05) is 11.9 Å². The van der Waals surface area contributed by atoms with Crippen LogP contribution in [0.25, 0.3) is 0 Å². The highest BCUT2D eigenvalue weighted by Crippen LogP contribution is 2.17. The van der Waals surface area contributed by atoms with E-state index >= 15 is 0 Å². The van der Waals surface area contributed by atoms with Crippen molar-refractivity contribution in [1.29, 1.82) is 0 Å². The lowest BCUT2D eigenvalue weighted by atomic mass is 10.0. The van der Waals surface area contributed by atoms with Gasteiger partial charge in [0.2, 0.25) is 0 Å². The smallest absolute Gasteiger partial charge is 0.319 e. The van der Waals surface area contributed by atoms with E-state index in [1.54, 1.807) is 0 Å². The minimum atomic E-state index is -0.848. The number of benzene rings is 1. The molecule has 4 nitrogen and oxygen atoms in total. The molecule has 0 aliphatic rings. The van der Waals surface area contributed by atoms with Gasteiger partial charge >= 0.3 is 6.03 Å². The van der Waals surface area contributed by atoms with Crippen molar-refractivity contribution >= 4 is 11.7 Å². The molecule has 106 valence electrons. The van der Waals surface area contributed by atoms with E-state index in [4.69, 9.17) is 5.11 Å². The van der Waals surface area contributed by atoms with Gasteiger partial charge in [-0.3, -0.25) is 0 Å². The van der Waals surface area contributed by atoms with Gasteiger partial charge in [-0.15, -0.1) is 0 Å². The predicted molar refractivity (Wildman–Crippen MR) is 68.8 cm³/mol. The number of halogens is 2. The summed E-state index contributed by atoms with van der Waals surface area (Å²) < 4.78 is 26.6. The third-order valence-electron chi connectivity index (χ3n) is 2.51. The molecule has 0 heterocycles. The lowest BCUT2D eigenvalue weighted by Gasteiger charge is -2.18. The third kappa shape index (κ3) is 4.82. The summed E-state index contributed by atoms with van der Waals surface area (Å²) in [6.45, 7) is 3.66. The maximum atomic E-state index is 13.3. The first-order chi connectivity index (χ1) is 8.93. The Bertz CT molecular complexity index is 418. The Morgan fingerprint density at radius 1 is 1.32 bits per heavy atom. The largest absolute Gasteiger partial charge is 0.394 e. The fourth-order valence-corrected chi connectivity index (χ4v) is 1.70. The Morgan fingerprint density at radius 3 is 2.37 bits per heavy atom. The number of carbonyl (C=O) groups is 1. The van der Waals surface area contributed by atoms with Crippen LogP contribution in [0.5, 0.6) is 0 Å². The number of hydrogen-bond donors (Lipinski definition) is 3. The van der Waals surface area contributed by atoms with Crippen LogP contribution in [-0.4, -0.2) is 23.8 Å². The van der Waals surface area contributed by atoms with Crippen LogP contribution in [0.4, 0.5) is 19.3 Å². The van der Waals surface area contributed by atoms with E-state index < -0.39 is 29.4 Å². The average Bonchev–Trinajstić information content (AvgIpc) is 2.32. The van der Waals surface area contributed by atoms with Crippen molar-refractivity contribution in [2.24, 2.45) is 5.92 Å². The quantitative estimate of drug-likeness (QED) is 0.771. The van der Waals surface area contributed by atoms with Gasteiger partial charge in [0.15, 0.2) is 0 Å². The number of para-hydroxylation sites is 1. The predicted octanol–water partition coefficient (Wildman–Crippen LogP) is 2.49. The van der Waals surface area contributed by atoms with Crippen LogP contribution < -0.4 is 10.6 Å². The third-order valence-corrected chi connectivity index (χ3v) is 2.51. The molecule has 19 heavy (non-hydrogen) atoms. The van der Waals surface area contributed by atoms with Crippen molar-refractivity contribution in [3.05, 3.63) is 29.8 Å². The first-order valence-corrected chi connectivity index (χ1v) is 6.06. The Kier molecular flexibility index (Phi) is 5.69. The molecule has 0 spiro atoms. The fraction of sp³-hybridized carbons (Fsp3) is 0.462. The van der Waals surface area contributed by atoms with Crippen molar-refractivity contribution in [2.45, 2.75) is 26.3 Å². The SMILES string of the molecule is CC(C)CC(CO)NC(=O)Nc1c(F)cccc1F. The molecule has 1 aromatic carbocycles. The van der Waals surface area contributed by atoms with Crippen LogP contribution in [0, 0.1) is 17.6 Å². The van der Waals surface area contributed by atoms with E-state index in [-0.39, 0.29) is 12.5 Å². The van der Waals surface area contributed by atoms with Gasteiger partial charge in [-0.1, -0.05) is 19.9 Å². The Balaban J connectivity index is 2.64. The molecule has 3 N–H and O–H groups in total. The van der Waals surface area contributed by atoms with Crippen LogP contribution in [0.3, 0.4) is 0 Å². The van der Waals surface area contributed by atoms with Gasteiger partial charge in [0.1, 0.15) is 17.3 Å². The summed E-state index contributed by atoms with van der Waals surface area (Å²) in [7, 11) is 0. The Labute approximate surface area is 110 Å². The van der Waals surface area contributed by atoms with Gasteiger partial charge < -0.3 is 15.7 Å². The molecule has 1 aromatic rings. The lowest BCUT2D eigenvalue weighted by molar-refractivity contribution is 0.214. The summed E-state index contributed by atoms with van der Waals surface area (Å²) in [5.41, 5.74) is -0.499. The second-order valence-corrected chi connectivity index (χ2v) is 4.70. The zero-order valence-corrected chi connectivity index (χ0v) is 10.9. The van der Waals surface area contributed by atoms with Gasteiger partial charge in [0.05, 0.1) is 12.6 Å². The van der Waals surface area contributed by atoms with Crippen LogP contribution in [-0.2, 0) is 0 Å². The monoisotopic (exact) mass is 272 g/mol. The zero-order valence-electron chi connectivity index (χ0n) is 10.9. The molecule has 1 rings (SSSR count). The molecule has 6 heteroatoms. The first-order valence-electron chi connectivity index (χ1n) is 6.06.